The standard InChI is InChI=1S/C28H27N5O6S3/c34-26-20(14-23-27(35)33(28(40)41-23)19-6-12-42(36,37)16-19)25(29-24-3-1-2-7-32(24)26)31-10-8-30(9-11-31)15-18-4-5-21-22(13-18)39-17-38-21/h1-5,7,13-14,19H,6,8-12,15-17H2/b23-14+. The number of carbonyl (C=O) groups excluding carboxylic acids is 1. The Morgan fingerprint density at radius 1 is 1.07 bits per heavy atom. The number of fused-ring (bicyclic) bond motifs is 2. The molecule has 11 nitrogen and oxygen atoms in total. The van der Waals surface area contributed by atoms with Crippen LogP contribution in [0.2, 0.25) is 0 Å². The maximum absolute atomic E-state index is 13.8. The van der Waals surface area contributed by atoms with Crippen molar-refractivity contribution in [3.8, 4) is 11.5 Å². The van der Waals surface area contributed by atoms with E-state index >= 15 is 0 Å². The van der Waals surface area contributed by atoms with Gasteiger partial charge in [-0.1, -0.05) is 36.1 Å². The van der Waals surface area contributed by atoms with Crippen LogP contribution in [0.15, 0.2) is 52.3 Å². The summed E-state index contributed by atoms with van der Waals surface area (Å²) < 4.78 is 36.8. The lowest BCUT2D eigenvalue weighted by atomic mass is 10.1. The number of rotatable bonds is 5. The van der Waals surface area contributed by atoms with Crippen LogP contribution in [-0.2, 0) is 21.2 Å². The highest BCUT2D eigenvalue weighted by molar-refractivity contribution is 8.26. The topological polar surface area (TPSA) is 114 Å². The SMILES string of the molecule is O=C1/C(=C\c2c(N3CCN(Cc4ccc5c(c4)OCO5)CC3)nc3ccccn3c2=O)SC(=S)N1C1CCS(=O)(=O)C1. The van der Waals surface area contributed by atoms with Gasteiger partial charge >= 0.3 is 0 Å². The summed E-state index contributed by atoms with van der Waals surface area (Å²) in [6.45, 7) is 3.78. The molecule has 1 atom stereocenters. The van der Waals surface area contributed by atoms with Crippen LogP contribution in [0.25, 0.3) is 11.7 Å². The monoisotopic (exact) mass is 625 g/mol. The van der Waals surface area contributed by atoms with Gasteiger partial charge < -0.3 is 14.4 Å². The van der Waals surface area contributed by atoms with Crippen LogP contribution in [0, 0.1) is 0 Å². The lowest BCUT2D eigenvalue weighted by Crippen LogP contribution is -2.47. The first kappa shape index (κ1) is 27.4. The highest BCUT2D eigenvalue weighted by Gasteiger charge is 2.42. The van der Waals surface area contributed by atoms with E-state index in [1.165, 1.54) is 9.30 Å². The highest BCUT2D eigenvalue weighted by atomic mass is 32.2. The molecular weight excluding hydrogens is 599 g/mol. The summed E-state index contributed by atoms with van der Waals surface area (Å²) in [6.07, 6.45) is 3.58. The molecule has 4 aliphatic heterocycles. The number of benzene rings is 1. The van der Waals surface area contributed by atoms with Gasteiger partial charge in [-0.2, -0.15) is 0 Å². The molecule has 1 amide bonds. The third kappa shape index (κ3) is 5.06. The Morgan fingerprint density at radius 3 is 2.67 bits per heavy atom. The fourth-order valence-corrected chi connectivity index (χ4v) is 8.86. The van der Waals surface area contributed by atoms with Crippen molar-refractivity contribution in [2.45, 2.75) is 19.0 Å². The van der Waals surface area contributed by atoms with Crippen LogP contribution in [0.4, 0.5) is 5.82 Å². The lowest BCUT2D eigenvalue weighted by molar-refractivity contribution is -0.123. The van der Waals surface area contributed by atoms with Crippen LogP contribution in [0.5, 0.6) is 11.5 Å². The average molecular weight is 626 g/mol. The number of carbonyl (C=O) groups is 1. The fourth-order valence-electron chi connectivity index (χ4n) is 5.78. The molecule has 3 fully saturated rings. The summed E-state index contributed by atoms with van der Waals surface area (Å²) in [4.78, 5) is 38.2. The van der Waals surface area contributed by atoms with Gasteiger partial charge in [0, 0.05) is 38.9 Å². The second-order valence-corrected chi connectivity index (χ2v) is 14.5. The number of aromatic nitrogens is 2. The maximum atomic E-state index is 13.8. The molecule has 6 heterocycles. The van der Waals surface area contributed by atoms with Gasteiger partial charge in [0.1, 0.15) is 15.8 Å². The second-order valence-electron chi connectivity index (χ2n) is 10.6. The maximum Gasteiger partial charge on any atom is 0.267 e. The largest absolute Gasteiger partial charge is 0.454 e. The minimum Gasteiger partial charge on any atom is -0.454 e. The highest BCUT2D eigenvalue weighted by Crippen LogP contribution is 2.37. The van der Waals surface area contributed by atoms with Crippen molar-refractivity contribution in [2.75, 3.05) is 49.4 Å². The third-order valence-electron chi connectivity index (χ3n) is 7.94. The van der Waals surface area contributed by atoms with Crippen LogP contribution >= 0.6 is 24.0 Å². The number of sulfone groups is 1. The molecule has 0 spiro atoms. The van der Waals surface area contributed by atoms with E-state index in [1.807, 2.05) is 24.3 Å². The van der Waals surface area contributed by atoms with Crippen molar-refractivity contribution in [3.63, 3.8) is 0 Å². The predicted octanol–water partition coefficient (Wildman–Crippen LogP) is 2.13. The average Bonchev–Trinajstić information content (AvgIpc) is 3.66. The number of amides is 1. The van der Waals surface area contributed by atoms with Gasteiger partial charge in [-0.3, -0.25) is 23.8 Å². The smallest absolute Gasteiger partial charge is 0.267 e. The van der Waals surface area contributed by atoms with E-state index in [4.69, 9.17) is 26.7 Å². The Bertz CT molecular complexity index is 1820. The Balaban J connectivity index is 1.16. The minimum absolute atomic E-state index is 0.0362. The van der Waals surface area contributed by atoms with Gasteiger partial charge in [-0.25, -0.2) is 13.4 Å². The molecule has 0 N–H and O–H groups in total. The van der Waals surface area contributed by atoms with Crippen molar-refractivity contribution in [2.24, 2.45) is 0 Å². The van der Waals surface area contributed by atoms with Crippen molar-refractivity contribution in [1.29, 1.82) is 0 Å². The fraction of sp³-hybridized carbons (Fsp3) is 0.357. The minimum atomic E-state index is -3.20. The number of hydrogen-bond donors (Lipinski definition) is 0. The number of ether oxygens (including phenoxy) is 2. The number of pyridine rings is 1. The van der Waals surface area contributed by atoms with Crippen LogP contribution in [0.3, 0.4) is 0 Å². The zero-order valence-electron chi connectivity index (χ0n) is 22.5. The van der Waals surface area contributed by atoms with Crippen molar-refractivity contribution in [1.82, 2.24) is 19.2 Å². The molecule has 7 rings (SSSR count). The molecule has 4 aliphatic rings. The van der Waals surface area contributed by atoms with Gasteiger partial charge in [-0.15, -0.1) is 0 Å². The van der Waals surface area contributed by atoms with Gasteiger partial charge in [0.05, 0.1) is 28.0 Å². The van der Waals surface area contributed by atoms with E-state index in [2.05, 4.69) is 9.80 Å². The van der Waals surface area contributed by atoms with E-state index in [0.29, 0.717) is 45.8 Å². The van der Waals surface area contributed by atoms with Gasteiger partial charge in [0.15, 0.2) is 21.3 Å². The molecule has 14 heteroatoms. The Hall–Kier alpha value is -3.46. The lowest BCUT2D eigenvalue weighted by Gasteiger charge is -2.36. The Morgan fingerprint density at radius 2 is 1.88 bits per heavy atom. The number of anilines is 1. The van der Waals surface area contributed by atoms with Crippen LogP contribution < -0.4 is 19.9 Å². The van der Waals surface area contributed by atoms with Crippen molar-refractivity contribution >= 4 is 61.6 Å². The molecular formula is C28H27N5O6S3. The Kier molecular flexibility index (Phi) is 6.95. The van der Waals surface area contributed by atoms with Gasteiger partial charge in [0.25, 0.3) is 11.5 Å². The first-order valence-corrected chi connectivity index (χ1v) is 16.6. The summed E-state index contributed by atoms with van der Waals surface area (Å²) in [6, 6.07) is 10.9. The number of nitrogens with zero attached hydrogens (tertiary/aromatic N) is 5. The molecule has 1 unspecified atom stereocenters. The van der Waals surface area contributed by atoms with Crippen LogP contribution in [0.1, 0.15) is 17.5 Å². The summed E-state index contributed by atoms with van der Waals surface area (Å²) in [5, 5.41) is 0. The number of thiocarbonyl (C=S) groups is 1. The zero-order chi connectivity index (χ0) is 29.0. The zero-order valence-corrected chi connectivity index (χ0v) is 24.9. The van der Waals surface area contributed by atoms with Crippen molar-refractivity contribution in [3.05, 3.63) is 69.0 Å². The summed E-state index contributed by atoms with van der Waals surface area (Å²) in [7, 11) is -3.20. The normalized spacial score (nSPS) is 23.0. The van der Waals surface area contributed by atoms with E-state index < -0.39 is 15.9 Å². The quantitative estimate of drug-likeness (QED) is 0.307. The summed E-state index contributed by atoms with van der Waals surface area (Å²) >= 11 is 6.58. The number of thioether (sulfide) groups is 1. The first-order chi connectivity index (χ1) is 20.3. The molecule has 0 saturated carbocycles. The van der Waals surface area contributed by atoms with Gasteiger partial charge in [-0.05, 0) is 42.3 Å². The molecule has 0 bridgehead atoms. The number of hydrogen-bond acceptors (Lipinski definition) is 11. The Labute approximate surface area is 251 Å². The summed E-state index contributed by atoms with van der Waals surface area (Å²) in [5.41, 5.74) is 1.67. The van der Waals surface area contributed by atoms with E-state index in [0.717, 1.165) is 48.5 Å². The molecule has 218 valence electrons. The van der Waals surface area contributed by atoms with Gasteiger partial charge in [0.2, 0.25) is 6.79 Å². The molecule has 2 aromatic heterocycles. The first-order valence-electron chi connectivity index (χ1n) is 13.6. The van der Waals surface area contributed by atoms with E-state index in [-0.39, 0.29) is 29.8 Å². The molecule has 3 aromatic rings. The molecule has 0 radical (unpaired) electrons. The molecule has 3 saturated heterocycles. The predicted molar refractivity (Wildman–Crippen MR) is 164 cm³/mol. The van der Waals surface area contributed by atoms with E-state index in [1.54, 1.807) is 24.4 Å². The van der Waals surface area contributed by atoms with Crippen molar-refractivity contribution < 1.29 is 22.7 Å². The molecule has 0 aliphatic carbocycles. The molecule has 1 aromatic carbocycles. The second kappa shape index (κ2) is 10.7. The molecule has 42 heavy (non-hydrogen) atoms. The number of piperazine rings is 1. The van der Waals surface area contributed by atoms with Crippen LogP contribution in [-0.4, -0.2) is 88.3 Å². The summed E-state index contributed by atoms with van der Waals surface area (Å²) in [5.74, 6) is 1.60. The third-order valence-corrected chi connectivity index (χ3v) is 11.0. The van der Waals surface area contributed by atoms with E-state index in [9.17, 15) is 18.0 Å².